The topological polar surface area (TPSA) is 75.9 Å². The summed E-state index contributed by atoms with van der Waals surface area (Å²) in [5.74, 6) is 6.72. The van der Waals surface area contributed by atoms with Gasteiger partial charge in [0.05, 0.1) is 5.52 Å². The van der Waals surface area contributed by atoms with Gasteiger partial charge in [0.2, 0.25) is 5.95 Å². The van der Waals surface area contributed by atoms with Gasteiger partial charge in [-0.3, -0.25) is 5.43 Å². The van der Waals surface area contributed by atoms with E-state index in [1.54, 1.807) is 0 Å². The van der Waals surface area contributed by atoms with Crippen molar-refractivity contribution in [3.05, 3.63) is 24.3 Å². The second kappa shape index (κ2) is 6.95. The standard InChI is InChI=1S/C15H23N5S/c1-4-15(5-2,21-3)10-17-13-11-8-6-7-9-12(11)18-14(19-13)20-16/h6-9H,4-5,10,16H2,1-3H3,(H2,17,18,19,20). The Balaban J connectivity index is 2.33. The lowest BCUT2D eigenvalue weighted by Gasteiger charge is -2.30. The molecule has 0 atom stereocenters. The third-order valence-corrected chi connectivity index (χ3v) is 5.62. The molecule has 4 N–H and O–H groups in total. The molecule has 0 aliphatic rings. The van der Waals surface area contributed by atoms with Crippen LogP contribution in [0.5, 0.6) is 0 Å². The first-order chi connectivity index (χ1) is 10.2. The number of hydrogen-bond acceptors (Lipinski definition) is 6. The van der Waals surface area contributed by atoms with E-state index in [1.165, 1.54) is 0 Å². The Labute approximate surface area is 130 Å². The van der Waals surface area contributed by atoms with Crippen LogP contribution in [0, 0.1) is 0 Å². The fourth-order valence-electron chi connectivity index (χ4n) is 2.38. The van der Waals surface area contributed by atoms with Gasteiger partial charge in [-0.2, -0.15) is 16.7 Å². The van der Waals surface area contributed by atoms with Crippen LogP contribution >= 0.6 is 11.8 Å². The van der Waals surface area contributed by atoms with Crippen LogP contribution < -0.4 is 16.6 Å². The summed E-state index contributed by atoms with van der Waals surface area (Å²) in [7, 11) is 0. The first-order valence-corrected chi connectivity index (χ1v) is 8.43. The molecule has 6 heteroatoms. The molecule has 0 amide bonds. The molecule has 0 unspecified atom stereocenters. The zero-order chi connectivity index (χ0) is 15.3. The number of rotatable bonds is 7. The Morgan fingerprint density at radius 2 is 1.90 bits per heavy atom. The molecule has 0 spiro atoms. The van der Waals surface area contributed by atoms with Crippen molar-refractivity contribution < 1.29 is 0 Å². The van der Waals surface area contributed by atoms with Gasteiger partial charge >= 0.3 is 0 Å². The molecular formula is C15H23N5S. The number of nitrogen functional groups attached to an aromatic ring is 1. The van der Waals surface area contributed by atoms with Gasteiger partial charge in [0.1, 0.15) is 5.82 Å². The molecule has 1 aromatic heterocycles. The highest BCUT2D eigenvalue weighted by molar-refractivity contribution is 8.00. The quantitative estimate of drug-likeness (QED) is 0.538. The number of nitrogens with one attached hydrogen (secondary N) is 2. The molecule has 0 aliphatic heterocycles. The predicted octanol–water partition coefficient (Wildman–Crippen LogP) is 3.25. The Morgan fingerprint density at radius 1 is 1.19 bits per heavy atom. The van der Waals surface area contributed by atoms with Gasteiger partial charge in [-0.05, 0) is 31.2 Å². The fraction of sp³-hybridized carbons (Fsp3) is 0.467. The normalized spacial score (nSPS) is 11.6. The molecule has 0 saturated heterocycles. The second-order valence-electron chi connectivity index (χ2n) is 5.01. The Morgan fingerprint density at radius 3 is 2.52 bits per heavy atom. The number of thioether (sulfide) groups is 1. The van der Waals surface area contributed by atoms with Crippen molar-refractivity contribution >= 4 is 34.4 Å². The van der Waals surface area contributed by atoms with Crippen LogP contribution in [0.3, 0.4) is 0 Å². The number of hydrogen-bond donors (Lipinski definition) is 3. The van der Waals surface area contributed by atoms with Crippen LogP contribution in [0.25, 0.3) is 10.9 Å². The number of nitrogens with two attached hydrogens (primary N) is 1. The molecule has 21 heavy (non-hydrogen) atoms. The zero-order valence-electron chi connectivity index (χ0n) is 12.8. The lowest BCUT2D eigenvalue weighted by molar-refractivity contribution is 0.574. The SMILES string of the molecule is CCC(CC)(CNc1nc(NN)nc2ccccc12)SC. The summed E-state index contributed by atoms with van der Waals surface area (Å²) in [5, 5.41) is 4.50. The average molecular weight is 305 g/mol. The average Bonchev–Trinajstić information content (AvgIpc) is 2.56. The summed E-state index contributed by atoms with van der Waals surface area (Å²) in [6.45, 7) is 5.32. The van der Waals surface area contributed by atoms with Gasteiger partial charge in [0.25, 0.3) is 0 Å². The van der Waals surface area contributed by atoms with Crippen molar-refractivity contribution in [2.45, 2.75) is 31.4 Å². The van der Waals surface area contributed by atoms with Gasteiger partial charge in [-0.25, -0.2) is 10.8 Å². The van der Waals surface area contributed by atoms with Crippen LogP contribution in [0.15, 0.2) is 24.3 Å². The molecule has 0 saturated carbocycles. The molecule has 0 bridgehead atoms. The molecule has 5 nitrogen and oxygen atoms in total. The molecule has 1 aromatic carbocycles. The summed E-state index contributed by atoms with van der Waals surface area (Å²) in [6.07, 6.45) is 4.39. The van der Waals surface area contributed by atoms with E-state index in [0.29, 0.717) is 5.95 Å². The fourth-order valence-corrected chi connectivity index (χ4v) is 3.18. The first kappa shape index (κ1) is 15.9. The van der Waals surface area contributed by atoms with Crippen molar-refractivity contribution in [3.8, 4) is 0 Å². The third-order valence-electron chi connectivity index (χ3n) is 4.03. The van der Waals surface area contributed by atoms with E-state index in [1.807, 2.05) is 36.0 Å². The summed E-state index contributed by atoms with van der Waals surface area (Å²) >= 11 is 1.91. The largest absolute Gasteiger partial charge is 0.368 e. The number of benzene rings is 1. The monoisotopic (exact) mass is 305 g/mol. The number of nitrogens with zero attached hydrogens (tertiary/aromatic N) is 2. The minimum absolute atomic E-state index is 0.225. The lowest BCUT2D eigenvalue weighted by Crippen LogP contribution is -2.32. The zero-order valence-corrected chi connectivity index (χ0v) is 13.6. The van der Waals surface area contributed by atoms with Crippen molar-refractivity contribution in [1.29, 1.82) is 0 Å². The van der Waals surface area contributed by atoms with E-state index >= 15 is 0 Å². The second-order valence-corrected chi connectivity index (χ2v) is 6.28. The molecule has 2 rings (SSSR count). The third kappa shape index (κ3) is 3.39. The van der Waals surface area contributed by atoms with Crippen molar-refractivity contribution in [3.63, 3.8) is 0 Å². The molecule has 0 aliphatic carbocycles. The smallest absolute Gasteiger partial charge is 0.239 e. The molecule has 2 aromatic rings. The maximum Gasteiger partial charge on any atom is 0.239 e. The predicted molar refractivity (Wildman–Crippen MR) is 92.7 cm³/mol. The number of aromatic nitrogens is 2. The van der Waals surface area contributed by atoms with E-state index in [0.717, 1.165) is 36.1 Å². The molecule has 1 heterocycles. The van der Waals surface area contributed by atoms with Gasteiger partial charge in [-0.1, -0.05) is 26.0 Å². The molecular weight excluding hydrogens is 282 g/mol. The first-order valence-electron chi connectivity index (χ1n) is 7.20. The van der Waals surface area contributed by atoms with Gasteiger partial charge in [-0.15, -0.1) is 0 Å². The summed E-state index contributed by atoms with van der Waals surface area (Å²) in [4.78, 5) is 8.82. The molecule has 114 valence electrons. The van der Waals surface area contributed by atoms with E-state index < -0.39 is 0 Å². The maximum absolute atomic E-state index is 5.46. The van der Waals surface area contributed by atoms with E-state index in [4.69, 9.17) is 5.84 Å². The van der Waals surface area contributed by atoms with Crippen LogP contribution in [0.1, 0.15) is 26.7 Å². The highest BCUT2D eigenvalue weighted by Crippen LogP contribution is 2.31. The Hall–Kier alpha value is -1.53. The van der Waals surface area contributed by atoms with Gasteiger partial charge in [0.15, 0.2) is 0 Å². The van der Waals surface area contributed by atoms with E-state index in [-0.39, 0.29) is 4.75 Å². The summed E-state index contributed by atoms with van der Waals surface area (Å²) in [5.41, 5.74) is 3.41. The van der Waals surface area contributed by atoms with E-state index in [2.05, 4.69) is 40.8 Å². The number of hydrazine groups is 1. The number of fused-ring (bicyclic) bond motifs is 1. The van der Waals surface area contributed by atoms with E-state index in [9.17, 15) is 0 Å². The van der Waals surface area contributed by atoms with Crippen LogP contribution in [0.4, 0.5) is 11.8 Å². The maximum atomic E-state index is 5.46. The van der Waals surface area contributed by atoms with Crippen molar-refractivity contribution in [1.82, 2.24) is 9.97 Å². The summed E-state index contributed by atoms with van der Waals surface area (Å²) in [6, 6.07) is 7.94. The molecule has 0 fully saturated rings. The Kier molecular flexibility index (Phi) is 5.25. The highest BCUT2D eigenvalue weighted by atomic mass is 32.2. The van der Waals surface area contributed by atoms with Gasteiger partial charge < -0.3 is 5.32 Å². The highest BCUT2D eigenvalue weighted by Gasteiger charge is 2.25. The minimum atomic E-state index is 0.225. The van der Waals surface area contributed by atoms with Crippen molar-refractivity contribution in [2.75, 3.05) is 23.5 Å². The van der Waals surface area contributed by atoms with Gasteiger partial charge in [0, 0.05) is 16.7 Å². The molecule has 0 radical (unpaired) electrons. The van der Waals surface area contributed by atoms with Crippen molar-refractivity contribution in [2.24, 2.45) is 5.84 Å². The number of para-hydroxylation sites is 1. The van der Waals surface area contributed by atoms with Crippen LogP contribution in [-0.2, 0) is 0 Å². The number of anilines is 2. The van der Waals surface area contributed by atoms with Crippen LogP contribution in [-0.4, -0.2) is 27.5 Å². The minimum Gasteiger partial charge on any atom is -0.368 e. The van der Waals surface area contributed by atoms with Crippen LogP contribution in [0.2, 0.25) is 0 Å². The Bertz CT molecular complexity index is 589. The lowest BCUT2D eigenvalue weighted by atomic mass is 10.0. The summed E-state index contributed by atoms with van der Waals surface area (Å²) < 4.78 is 0.225.